The zero-order chi connectivity index (χ0) is 28.9. The molecule has 1 aliphatic rings. The minimum atomic E-state index is -0.465. The number of rotatable bonds is 4. The molecule has 0 aliphatic heterocycles. The maximum Gasteiger partial charge on any atom is 0.0714 e. The average molecular weight is 542 g/mol. The van der Waals surface area contributed by atoms with Crippen LogP contribution in [0.5, 0.6) is 0 Å². The Balaban J connectivity index is 1.38. The van der Waals surface area contributed by atoms with Crippen LogP contribution in [0, 0.1) is 0 Å². The maximum absolute atomic E-state index is 6.46. The van der Waals surface area contributed by atoms with Crippen molar-refractivity contribution < 1.29 is 0 Å². The minimum Gasteiger partial charge on any atom is -0.399 e. The van der Waals surface area contributed by atoms with Gasteiger partial charge in [0.25, 0.3) is 0 Å². The fourth-order valence-corrected chi connectivity index (χ4v) is 6.70. The molecule has 0 bridgehead atoms. The van der Waals surface area contributed by atoms with Crippen molar-refractivity contribution in [1.29, 1.82) is 0 Å². The van der Waals surface area contributed by atoms with E-state index in [1.165, 1.54) is 61.2 Å². The molecule has 0 amide bonds. The molecule has 0 saturated carbocycles. The van der Waals surface area contributed by atoms with E-state index in [9.17, 15) is 0 Å². The van der Waals surface area contributed by atoms with Gasteiger partial charge < -0.3 is 5.73 Å². The van der Waals surface area contributed by atoms with Gasteiger partial charge in [-0.25, -0.2) is 0 Å². The van der Waals surface area contributed by atoms with Crippen LogP contribution < -0.4 is 5.73 Å². The van der Waals surface area contributed by atoms with Crippen LogP contribution >= 0.6 is 0 Å². The number of benzene rings is 6. The molecule has 0 spiro atoms. The molecule has 6 aromatic carbocycles. The Labute approximate surface area is 249 Å². The number of hydrogen-bond acceptors (Lipinski definition) is 1. The first-order chi connectivity index (χ1) is 20.4. The van der Waals surface area contributed by atoms with Gasteiger partial charge in [0.15, 0.2) is 0 Å². The lowest BCUT2D eigenvalue weighted by Gasteiger charge is -2.34. The molecular formula is C41H35N. The second-order valence-electron chi connectivity index (χ2n) is 12.5. The van der Waals surface area contributed by atoms with Crippen LogP contribution in [0.25, 0.3) is 33.4 Å². The fourth-order valence-electron chi connectivity index (χ4n) is 6.70. The fraction of sp³-hybridized carbons (Fsp3) is 0.122. The third-order valence-electron chi connectivity index (χ3n) is 8.88. The predicted molar refractivity (Wildman–Crippen MR) is 178 cm³/mol. The van der Waals surface area contributed by atoms with Gasteiger partial charge >= 0.3 is 0 Å². The zero-order valence-electron chi connectivity index (χ0n) is 24.4. The highest BCUT2D eigenvalue weighted by atomic mass is 14.6. The van der Waals surface area contributed by atoms with Gasteiger partial charge in [-0.05, 0) is 84.8 Å². The number of nitrogen functional groups attached to an aromatic ring is 1. The lowest BCUT2D eigenvalue weighted by molar-refractivity contribution is 0.590. The van der Waals surface area contributed by atoms with E-state index >= 15 is 0 Å². The molecule has 7 rings (SSSR count). The monoisotopic (exact) mass is 541 g/mol. The Hall–Kier alpha value is -4.88. The quantitative estimate of drug-likeness (QED) is 0.220. The highest BCUT2D eigenvalue weighted by Crippen LogP contribution is 2.57. The molecule has 1 aliphatic carbocycles. The summed E-state index contributed by atoms with van der Waals surface area (Å²) in [4.78, 5) is 0. The summed E-state index contributed by atoms with van der Waals surface area (Å²) in [5, 5.41) is 0. The first-order valence-corrected chi connectivity index (χ1v) is 14.7. The standard InChI is InChI=1S/C41H35N/c1-40(2,3)32-21-18-29(19-22-32)28-14-16-30(17-15-28)31-20-24-36-37-25-23-35(42)27-39(37)41(38(36)26-31,33-10-6-4-7-11-33)34-12-8-5-9-13-34/h4-27H,42H2,1-3H3. The van der Waals surface area contributed by atoms with Gasteiger partial charge in [0, 0.05) is 5.69 Å². The smallest absolute Gasteiger partial charge is 0.0714 e. The van der Waals surface area contributed by atoms with Crippen molar-refractivity contribution >= 4 is 5.69 Å². The van der Waals surface area contributed by atoms with E-state index in [1.54, 1.807) is 0 Å². The molecule has 2 N–H and O–H groups in total. The molecule has 0 saturated heterocycles. The van der Waals surface area contributed by atoms with Gasteiger partial charge in [0.1, 0.15) is 0 Å². The van der Waals surface area contributed by atoms with Gasteiger partial charge in [-0.3, -0.25) is 0 Å². The molecule has 204 valence electrons. The van der Waals surface area contributed by atoms with E-state index in [2.05, 4.69) is 160 Å². The highest BCUT2D eigenvalue weighted by Gasteiger charge is 2.46. The largest absolute Gasteiger partial charge is 0.399 e. The second-order valence-corrected chi connectivity index (χ2v) is 12.5. The van der Waals surface area contributed by atoms with Crippen LogP contribution in [-0.4, -0.2) is 0 Å². The topological polar surface area (TPSA) is 26.0 Å². The molecule has 0 aromatic heterocycles. The lowest BCUT2D eigenvalue weighted by Crippen LogP contribution is -2.28. The first kappa shape index (κ1) is 26.0. The van der Waals surface area contributed by atoms with E-state index in [0.29, 0.717) is 0 Å². The summed E-state index contributed by atoms with van der Waals surface area (Å²) < 4.78 is 0. The van der Waals surface area contributed by atoms with Crippen molar-refractivity contribution in [3.8, 4) is 33.4 Å². The second kappa shape index (κ2) is 9.89. The van der Waals surface area contributed by atoms with Gasteiger partial charge in [-0.1, -0.05) is 148 Å². The van der Waals surface area contributed by atoms with Crippen LogP contribution in [0.15, 0.2) is 146 Å². The molecule has 0 unspecified atom stereocenters. The Morgan fingerprint density at radius 3 is 1.40 bits per heavy atom. The molecule has 0 atom stereocenters. The molecule has 1 heteroatoms. The Morgan fingerprint density at radius 1 is 0.452 bits per heavy atom. The normalized spacial score (nSPS) is 13.4. The average Bonchev–Trinajstić information content (AvgIpc) is 3.31. The van der Waals surface area contributed by atoms with Crippen LogP contribution in [-0.2, 0) is 10.8 Å². The van der Waals surface area contributed by atoms with Crippen molar-refractivity contribution in [3.63, 3.8) is 0 Å². The van der Waals surface area contributed by atoms with Gasteiger partial charge in [-0.15, -0.1) is 0 Å². The van der Waals surface area contributed by atoms with E-state index in [-0.39, 0.29) is 5.41 Å². The summed E-state index contributed by atoms with van der Waals surface area (Å²) >= 11 is 0. The summed E-state index contributed by atoms with van der Waals surface area (Å²) in [6, 6.07) is 53.1. The molecular weight excluding hydrogens is 506 g/mol. The van der Waals surface area contributed by atoms with Crippen molar-refractivity contribution in [1.82, 2.24) is 0 Å². The molecule has 0 heterocycles. The van der Waals surface area contributed by atoms with Crippen LogP contribution in [0.4, 0.5) is 5.69 Å². The molecule has 42 heavy (non-hydrogen) atoms. The maximum atomic E-state index is 6.46. The van der Waals surface area contributed by atoms with Crippen molar-refractivity contribution in [3.05, 3.63) is 173 Å². The highest BCUT2D eigenvalue weighted by molar-refractivity contribution is 5.89. The van der Waals surface area contributed by atoms with Gasteiger partial charge in [0.05, 0.1) is 5.41 Å². The number of anilines is 1. The van der Waals surface area contributed by atoms with Crippen LogP contribution in [0.3, 0.4) is 0 Å². The number of hydrogen-bond donors (Lipinski definition) is 1. The van der Waals surface area contributed by atoms with Crippen molar-refractivity contribution in [2.24, 2.45) is 0 Å². The molecule has 0 radical (unpaired) electrons. The summed E-state index contributed by atoms with van der Waals surface area (Å²) in [5.74, 6) is 0. The minimum absolute atomic E-state index is 0.149. The summed E-state index contributed by atoms with van der Waals surface area (Å²) in [5.41, 5.74) is 20.7. The van der Waals surface area contributed by atoms with Gasteiger partial charge in [0.2, 0.25) is 0 Å². The van der Waals surface area contributed by atoms with E-state index in [4.69, 9.17) is 5.73 Å². The van der Waals surface area contributed by atoms with Crippen LogP contribution in [0.2, 0.25) is 0 Å². The van der Waals surface area contributed by atoms with E-state index in [0.717, 1.165) is 5.69 Å². The lowest BCUT2D eigenvalue weighted by atomic mass is 9.67. The summed E-state index contributed by atoms with van der Waals surface area (Å²) in [6.07, 6.45) is 0. The molecule has 0 fully saturated rings. The summed E-state index contributed by atoms with van der Waals surface area (Å²) in [7, 11) is 0. The van der Waals surface area contributed by atoms with Gasteiger partial charge in [-0.2, -0.15) is 0 Å². The van der Waals surface area contributed by atoms with E-state index in [1.807, 2.05) is 6.07 Å². The first-order valence-electron chi connectivity index (χ1n) is 14.7. The summed E-state index contributed by atoms with van der Waals surface area (Å²) in [6.45, 7) is 6.77. The number of nitrogens with two attached hydrogens (primary N) is 1. The Morgan fingerprint density at radius 2 is 0.881 bits per heavy atom. The number of fused-ring (bicyclic) bond motifs is 3. The predicted octanol–water partition coefficient (Wildman–Crippen LogP) is 10.3. The van der Waals surface area contributed by atoms with Crippen molar-refractivity contribution in [2.75, 3.05) is 5.73 Å². The SMILES string of the molecule is CC(C)(C)c1ccc(-c2ccc(-c3ccc4c(c3)C(c3ccccc3)(c3ccccc3)c3cc(N)ccc3-4)cc2)cc1. The molecule has 6 aromatic rings. The Bertz CT molecular complexity index is 1840. The molecule has 1 nitrogen and oxygen atoms in total. The third-order valence-corrected chi connectivity index (χ3v) is 8.88. The zero-order valence-corrected chi connectivity index (χ0v) is 24.4. The van der Waals surface area contributed by atoms with E-state index < -0.39 is 5.41 Å². The Kier molecular flexibility index (Phi) is 6.13. The van der Waals surface area contributed by atoms with Crippen molar-refractivity contribution in [2.45, 2.75) is 31.6 Å². The third kappa shape index (κ3) is 4.16. The van der Waals surface area contributed by atoms with Crippen LogP contribution in [0.1, 0.15) is 48.6 Å².